The fraction of sp³-hybridized carbons (Fsp3) is 0.846. The van der Waals surface area contributed by atoms with E-state index in [0.717, 1.165) is 19.3 Å². The summed E-state index contributed by atoms with van der Waals surface area (Å²) in [6, 6.07) is 0. The third-order valence-corrected chi connectivity index (χ3v) is 3.93. The molecule has 0 spiro atoms. The Balaban J connectivity index is 1.94. The van der Waals surface area contributed by atoms with Crippen molar-refractivity contribution >= 4 is 0 Å². The summed E-state index contributed by atoms with van der Waals surface area (Å²) in [6.45, 7) is 6.13. The molecule has 2 N–H and O–H groups in total. The van der Waals surface area contributed by atoms with Gasteiger partial charge in [0.1, 0.15) is 17.9 Å². The van der Waals surface area contributed by atoms with Gasteiger partial charge in [0.05, 0.1) is 5.60 Å². The molecule has 1 saturated heterocycles. The van der Waals surface area contributed by atoms with E-state index in [2.05, 4.69) is 19.8 Å². The highest BCUT2D eigenvalue weighted by Gasteiger charge is 2.58. The Kier molecular flexibility index (Phi) is 2.78. The summed E-state index contributed by atoms with van der Waals surface area (Å²) < 4.78 is 11.4. The summed E-state index contributed by atoms with van der Waals surface area (Å²) in [4.78, 5) is 0. The first-order chi connectivity index (χ1) is 7.37. The maximum absolute atomic E-state index is 5.99. The predicted octanol–water partition coefficient (Wildman–Crippen LogP) is 1.66. The Labute approximate surface area is 97.7 Å². The highest BCUT2D eigenvalue weighted by atomic mass is 16.6. The van der Waals surface area contributed by atoms with Gasteiger partial charge in [-0.3, -0.25) is 0 Å². The zero-order valence-corrected chi connectivity index (χ0v) is 10.3. The van der Waals surface area contributed by atoms with E-state index in [-0.39, 0.29) is 23.5 Å². The van der Waals surface area contributed by atoms with Crippen LogP contribution in [-0.4, -0.2) is 23.5 Å². The van der Waals surface area contributed by atoms with Crippen molar-refractivity contribution in [3.05, 3.63) is 0 Å². The van der Waals surface area contributed by atoms with E-state index >= 15 is 0 Å². The third kappa shape index (κ3) is 2.10. The van der Waals surface area contributed by atoms with Crippen LogP contribution in [0.4, 0.5) is 0 Å². The molecule has 3 heteroatoms. The van der Waals surface area contributed by atoms with Crippen molar-refractivity contribution in [1.29, 1.82) is 0 Å². The summed E-state index contributed by atoms with van der Waals surface area (Å²) in [5.41, 5.74) is 5.48. The lowest BCUT2D eigenvalue weighted by Gasteiger charge is -2.37. The molecule has 0 amide bonds. The van der Waals surface area contributed by atoms with Gasteiger partial charge in [0.25, 0.3) is 0 Å². The zero-order valence-electron chi connectivity index (χ0n) is 10.3. The molecule has 2 rings (SSSR count). The number of rotatable bonds is 3. The molecule has 1 saturated carbocycles. The maximum atomic E-state index is 5.99. The molecule has 2 unspecified atom stereocenters. The monoisotopic (exact) mass is 223 g/mol. The molecule has 4 atom stereocenters. The lowest BCUT2D eigenvalue weighted by Crippen LogP contribution is -2.43. The molecule has 3 nitrogen and oxygen atoms in total. The second-order valence-corrected chi connectivity index (χ2v) is 5.56. The van der Waals surface area contributed by atoms with Gasteiger partial charge in [-0.25, -0.2) is 0 Å². The number of ether oxygens (including phenoxy) is 2. The Bertz CT molecular complexity index is 320. The lowest BCUT2D eigenvalue weighted by molar-refractivity contribution is -0.0870. The van der Waals surface area contributed by atoms with E-state index in [1.165, 1.54) is 0 Å². The van der Waals surface area contributed by atoms with Crippen LogP contribution in [0.15, 0.2) is 0 Å². The van der Waals surface area contributed by atoms with Crippen molar-refractivity contribution in [2.45, 2.75) is 63.6 Å². The first kappa shape index (κ1) is 11.9. The van der Waals surface area contributed by atoms with Gasteiger partial charge < -0.3 is 15.2 Å². The summed E-state index contributed by atoms with van der Waals surface area (Å²) in [6.07, 6.45) is 8.41. The molecular formula is C13H21NO2. The van der Waals surface area contributed by atoms with Crippen LogP contribution in [0.3, 0.4) is 0 Å². The summed E-state index contributed by atoms with van der Waals surface area (Å²) in [5.74, 6) is 3.09. The zero-order chi connectivity index (χ0) is 12.0. The van der Waals surface area contributed by atoms with Crippen molar-refractivity contribution in [3.63, 3.8) is 0 Å². The van der Waals surface area contributed by atoms with Crippen molar-refractivity contribution in [2.24, 2.45) is 11.7 Å². The van der Waals surface area contributed by atoms with Gasteiger partial charge in [0.2, 0.25) is 0 Å². The Morgan fingerprint density at radius 1 is 1.62 bits per heavy atom. The summed E-state index contributed by atoms with van der Waals surface area (Å²) in [7, 11) is 0. The number of hydrogen-bond donors (Lipinski definition) is 1. The molecule has 0 radical (unpaired) electrons. The van der Waals surface area contributed by atoms with Gasteiger partial charge in [0.15, 0.2) is 0 Å². The van der Waals surface area contributed by atoms with Crippen LogP contribution in [0.5, 0.6) is 0 Å². The van der Waals surface area contributed by atoms with Crippen LogP contribution in [-0.2, 0) is 9.47 Å². The summed E-state index contributed by atoms with van der Waals surface area (Å²) >= 11 is 0. The van der Waals surface area contributed by atoms with Crippen molar-refractivity contribution < 1.29 is 9.47 Å². The molecule has 0 aromatic heterocycles. The Hall–Kier alpha value is -0.560. The summed E-state index contributed by atoms with van der Waals surface area (Å²) in [5, 5.41) is 0. The van der Waals surface area contributed by atoms with E-state index in [1.807, 2.05) is 6.92 Å². The van der Waals surface area contributed by atoms with Crippen LogP contribution < -0.4 is 5.73 Å². The predicted molar refractivity (Wildman–Crippen MR) is 62.6 cm³/mol. The highest BCUT2D eigenvalue weighted by molar-refractivity contribution is 5.05. The Morgan fingerprint density at radius 2 is 2.31 bits per heavy atom. The van der Waals surface area contributed by atoms with Gasteiger partial charge in [-0.15, -0.1) is 6.42 Å². The SMILES string of the molecule is C#CC(C)OC(C)(C)[C@H]1CC[C@]2(N)OC2C1. The fourth-order valence-electron chi connectivity index (χ4n) is 2.69. The number of epoxide rings is 1. The molecule has 0 bridgehead atoms. The minimum Gasteiger partial charge on any atom is -0.360 e. The smallest absolute Gasteiger partial charge is 0.143 e. The molecule has 1 aliphatic carbocycles. The minimum atomic E-state index is -0.315. The molecule has 90 valence electrons. The molecule has 1 aliphatic heterocycles. The largest absolute Gasteiger partial charge is 0.360 e. The van der Waals surface area contributed by atoms with Crippen LogP contribution >= 0.6 is 0 Å². The average molecular weight is 223 g/mol. The van der Waals surface area contributed by atoms with E-state index in [1.54, 1.807) is 0 Å². The van der Waals surface area contributed by atoms with E-state index in [0.29, 0.717) is 5.92 Å². The number of hydrogen-bond acceptors (Lipinski definition) is 3. The van der Waals surface area contributed by atoms with Crippen LogP contribution in [0.25, 0.3) is 0 Å². The lowest BCUT2D eigenvalue weighted by atomic mass is 9.77. The minimum absolute atomic E-state index is 0.139. The first-order valence-electron chi connectivity index (χ1n) is 5.98. The normalized spacial score (nSPS) is 39.7. The molecule has 1 heterocycles. The van der Waals surface area contributed by atoms with E-state index in [4.69, 9.17) is 21.6 Å². The average Bonchev–Trinajstić information content (AvgIpc) is 2.87. The quantitative estimate of drug-likeness (QED) is 0.584. The van der Waals surface area contributed by atoms with E-state index in [9.17, 15) is 0 Å². The second kappa shape index (κ2) is 3.73. The molecule has 0 aromatic carbocycles. The molecule has 0 aromatic rings. The van der Waals surface area contributed by atoms with Crippen LogP contribution in [0.1, 0.15) is 40.0 Å². The molecular weight excluding hydrogens is 202 g/mol. The van der Waals surface area contributed by atoms with Crippen molar-refractivity contribution in [1.82, 2.24) is 0 Å². The van der Waals surface area contributed by atoms with Gasteiger partial charge in [0, 0.05) is 0 Å². The fourth-order valence-corrected chi connectivity index (χ4v) is 2.69. The maximum Gasteiger partial charge on any atom is 0.143 e. The Morgan fingerprint density at radius 3 is 2.88 bits per heavy atom. The topological polar surface area (TPSA) is 47.8 Å². The number of nitrogens with two attached hydrogens (primary N) is 1. The molecule has 16 heavy (non-hydrogen) atoms. The van der Waals surface area contributed by atoms with E-state index < -0.39 is 0 Å². The highest BCUT2D eigenvalue weighted by Crippen LogP contribution is 2.49. The van der Waals surface area contributed by atoms with Crippen molar-refractivity contribution in [3.8, 4) is 12.3 Å². The standard InChI is InChI=1S/C13H21NO2/c1-5-9(2)15-12(3,4)10-6-7-13(14)11(8-10)16-13/h1,9-11H,6-8,14H2,2-4H3/t9?,10-,11?,13-/m0/s1. The van der Waals surface area contributed by atoms with Crippen LogP contribution in [0.2, 0.25) is 0 Å². The number of terminal acetylenes is 1. The van der Waals surface area contributed by atoms with Gasteiger partial charge >= 0.3 is 0 Å². The molecule has 2 fully saturated rings. The van der Waals surface area contributed by atoms with Gasteiger partial charge in [-0.05, 0) is 46.0 Å². The van der Waals surface area contributed by atoms with Gasteiger partial charge in [-0.2, -0.15) is 0 Å². The third-order valence-electron chi connectivity index (χ3n) is 3.93. The second-order valence-electron chi connectivity index (χ2n) is 5.56. The molecule has 2 aliphatic rings. The van der Waals surface area contributed by atoms with Crippen molar-refractivity contribution in [2.75, 3.05) is 0 Å². The first-order valence-corrected chi connectivity index (χ1v) is 5.98. The van der Waals surface area contributed by atoms with Crippen LogP contribution in [0, 0.1) is 18.3 Å². The van der Waals surface area contributed by atoms with Gasteiger partial charge in [-0.1, -0.05) is 5.92 Å². The number of fused-ring (bicyclic) bond motifs is 1.